The molecule has 0 radical (unpaired) electrons. The quantitative estimate of drug-likeness (QED) is 0.871. The first-order valence-corrected chi connectivity index (χ1v) is 10.3. The molecule has 27 heavy (non-hydrogen) atoms. The van der Waals surface area contributed by atoms with E-state index in [0.29, 0.717) is 6.54 Å². The number of amides is 2. The maximum Gasteiger partial charge on any atom is 0.226 e. The molecule has 0 bridgehead atoms. The van der Waals surface area contributed by atoms with Crippen LogP contribution in [0.3, 0.4) is 0 Å². The molecule has 0 spiro atoms. The lowest BCUT2D eigenvalue weighted by atomic mass is 9.77. The highest BCUT2D eigenvalue weighted by atomic mass is 32.1. The predicted molar refractivity (Wildman–Crippen MR) is 107 cm³/mol. The molecule has 1 aliphatic carbocycles. The van der Waals surface area contributed by atoms with Gasteiger partial charge in [-0.05, 0) is 51.3 Å². The summed E-state index contributed by atoms with van der Waals surface area (Å²) < 4.78 is 8.48. The lowest BCUT2D eigenvalue weighted by Gasteiger charge is -2.34. The van der Waals surface area contributed by atoms with Gasteiger partial charge in [0.05, 0.1) is 11.7 Å². The van der Waals surface area contributed by atoms with Crippen LogP contribution in [-0.2, 0) is 16.1 Å². The molecule has 1 N–H and O–H groups in total. The smallest absolute Gasteiger partial charge is 0.226 e. The van der Waals surface area contributed by atoms with E-state index in [1.165, 1.54) is 11.7 Å². The lowest BCUT2D eigenvalue weighted by molar-refractivity contribution is -0.143. The van der Waals surface area contributed by atoms with Crippen LogP contribution in [0.5, 0.6) is 0 Å². The number of nitrogens with one attached hydrogen (secondary N) is 1. The summed E-state index contributed by atoms with van der Waals surface area (Å²) in [5, 5.41) is 3.06. The molecule has 0 saturated heterocycles. The van der Waals surface area contributed by atoms with E-state index in [4.69, 9.17) is 0 Å². The Hall–Kier alpha value is -2.02. The summed E-state index contributed by atoms with van der Waals surface area (Å²) >= 11 is 1.19. The average Bonchev–Trinajstić information content (AvgIpc) is 3.07. The van der Waals surface area contributed by atoms with Crippen molar-refractivity contribution in [1.29, 1.82) is 0 Å². The SMILES string of the molecule is CN(Cc1ccc2nsnc2c1)C(=O)[C@H]1CCCC[C@H]1C(=O)NC(C)(C)C. The van der Waals surface area contributed by atoms with Gasteiger partial charge in [-0.3, -0.25) is 9.59 Å². The van der Waals surface area contributed by atoms with Crippen molar-refractivity contribution in [3.63, 3.8) is 0 Å². The van der Waals surface area contributed by atoms with Crippen molar-refractivity contribution in [3.05, 3.63) is 23.8 Å². The van der Waals surface area contributed by atoms with E-state index in [0.717, 1.165) is 42.3 Å². The van der Waals surface area contributed by atoms with Gasteiger partial charge in [0.1, 0.15) is 11.0 Å². The average molecular weight is 389 g/mol. The number of carbonyl (C=O) groups excluding carboxylic acids is 2. The summed E-state index contributed by atoms with van der Waals surface area (Å²) in [4.78, 5) is 27.6. The molecule has 2 amide bonds. The Morgan fingerprint density at radius 1 is 1.15 bits per heavy atom. The molecule has 1 aromatic carbocycles. The van der Waals surface area contributed by atoms with Gasteiger partial charge in [0.25, 0.3) is 0 Å². The largest absolute Gasteiger partial charge is 0.351 e. The minimum atomic E-state index is -0.287. The zero-order valence-corrected chi connectivity index (χ0v) is 17.3. The molecule has 1 aromatic heterocycles. The zero-order valence-electron chi connectivity index (χ0n) is 16.5. The second-order valence-corrected chi connectivity index (χ2v) is 9.05. The molecular formula is C20H28N4O2S. The Morgan fingerprint density at radius 2 is 1.81 bits per heavy atom. The molecule has 146 valence electrons. The van der Waals surface area contributed by atoms with E-state index in [9.17, 15) is 9.59 Å². The van der Waals surface area contributed by atoms with Crippen molar-refractivity contribution >= 4 is 34.6 Å². The minimum absolute atomic E-state index is 0.00363. The van der Waals surface area contributed by atoms with Crippen LogP contribution in [0.2, 0.25) is 0 Å². The molecule has 2 aromatic rings. The van der Waals surface area contributed by atoms with Crippen LogP contribution in [0.1, 0.15) is 52.0 Å². The molecule has 7 heteroatoms. The molecule has 6 nitrogen and oxygen atoms in total. The van der Waals surface area contributed by atoms with Crippen LogP contribution >= 0.6 is 11.7 Å². The maximum atomic E-state index is 13.1. The number of hydrogen-bond acceptors (Lipinski definition) is 5. The van der Waals surface area contributed by atoms with Crippen molar-refractivity contribution in [2.75, 3.05) is 7.05 Å². The number of aromatic nitrogens is 2. The number of rotatable bonds is 4. The highest BCUT2D eigenvalue weighted by Crippen LogP contribution is 2.32. The van der Waals surface area contributed by atoms with E-state index in [-0.39, 0.29) is 29.2 Å². The first-order chi connectivity index (χ1) is 12.7. The summed E-state index contributed by atoms with van der Waals surface area (Å²) in [6.45, 7) is 6.43. The monoisotopic (exact) mass is 388 g/mol. The Bertz CT molecular complexity index is 827. The minimum Gasteiger partial charge on any atom is -0.351 e. The van der Waals surface area contributed by atoms with Gasteiger partial charge in [0, 0.05) is 31.0 Å². The van der Waals surface area contributed by atoms with Crippen molar-refractivity contribution in [2.24, 2.45) is 11.8 Å². The first kappa shape index (κ1) is 19.7. The third kappa shape index (κ3) is 4.83. The van der Waals surface area contributed by atoms with E-state index >= 15 is 0 Å². The topological polar surface area (TPSA) is 75.2 Å². The van der Waals surface area contributed by atoms with Crippen LogP contribution < -0.4 is 5.32 Å². The second-order valence-electron chi connectivity index (χ2n) is 8.52. The molecule has 0 unspecified atom stereocenters. The van der Waals surface area contributed by atoms with Crippen molar-refractivity contribution in [2.45, 2.75) is 58.5 Å². The van der Waals surface area contributed by atoms with Gasteiger partial charge in [-0.25, -0.2) is 0 Å². The molecule has 1 saturated carbocycles. The Kier molecular flexibility index (Phi) is 5.79. The number of fused-ring (bicyclic) bond motifs is 1. The van der Waals surface area contributed by atoms with Gasteiger partial charge in [-0.1, -0.05) is 18.9 Å². The van der Waals surface area contributed by atoms with Gasteiger partial charge >= 0.3 is 0 Å². The van der Waals surface area contributed by atoms with Gasteiger partial charge in [-0.15, -0.1) is 0 Å². The summed E-state index contributed by atoms with van der Waals surface area (Å²) in [5.74, 6) is -0.418. The normalized spacial score (nSPS) is 20.4. The lowest BCUT2D eigenvalue weighted by Crippen LogP contribution is -2.49. The van der Waals surface area contributed by atoms with Crippen molar-refractivity contribution in [1.82, 2.24) is 19.0 Å². The molecule has 1 fully saturated rings. The van der Waals surface area contributed by atoms with Crippen molar-refractivity contribution in [3.8, 4) is 0 Å². The third-order valence-corrected chi connectivity index (χ3v) is 5.59. The Labute approximate surface area is 164 Å². The highest BCUT2D eigenvalue weighted by molar-refractivity contribution is 7.00. The predicted octanol–water partition coefficient (Wildman–Crippen LogP) is 3.37. The van der Waals surface area contributed by atoms with E-state index in [2.05, 4.69) is 14.1 Å². The zero-order chi connectivity index (χ0) is 19.6. The van der Waals surface area contributed by atoms with E-state index in [1.54, 1.807) is 4.90 Å². The highest BCUT2D eigenvalue weighted by Gasteiger charge is 2.38. The fourth-order valence-corrected chi connectivity index (χ4v) is 4.28. The van der Waals surface area contributed by atoms with Gasteiger partial charge < -0.3 is 10.2 Å². The first-order valence-electron chi connectivity index (χ1n) is 9.53. The van der Waals surface area contributed by atoms with Crippen LogP contribution in [0.25, 0.3) is 11.0 Å². The fourth-order valence-electron chi connectivity index (χ4n) is 3.76. The van der Waals surface area contributed by atoms with Crippen LogP contribution in [0.15, 0.2) is 18.2 Å². The molecule has 2 atom stereocenters. The Morgan fingerprint density at radius 3 is 2.52 bits per heavy atom. The van der Waals surface area contributed by atoms with Crippen LogP contribution in [0, 0.1) is 11.8 Å². The number of carbonyl (C=O) groups is 2. The molecule has 3 rings (SSSR count). The maximum absolute atomic E-state index is 13.1. The van der Waals surface area contributed by atoms with Crippen molar-refractivity contribution < 1.29 is 9.59 Å². The summed E-state index contributed by atoms with van der Waals surface area (Å²) in [6, 6.07) is 5.90. The van der Waals surface area contributed by atoms with Crippen LogP contribution in [0.4, 0.5) is 0 Å². The summed E-state index contributed by atoms with van der Waals surface area (Å²) in [6.07, 6.45) is 3.56. The van der Waals surface area contributed by atoms with Gasteiger partial charge in [0.2, 0.25) is 11.8 Å². The third-order valence-electron chi connectivity index (χ3n) is 5.03. The number of benzene rings is 1. The van der Waals surface area contributed by atoms with Gasteiger partial charge in [0.15, 0.2) is 0 Å². The molecule has 1 aliphatic rings. The summed E-state index contributed by atoms with van der Waals surface area (Å²) in [7, 11) is 1.82. The van der Waals surface area contributed by atoms with Crippen LogP contribution in [-0.4, -0.2) is 38.0 Å². The molecule has 1 heterocycles. The molecular weight excluding hydrogens is 360 g/mol. The summed E-state index contributed by atoms with van der Waals surface area (Å²) in [5.41, 5.74) is 2.48. The standard InChI is InChI=1S/C20H28N4O2S/c1-20(2,3)21-18(25)14-7-5-6-8-15(14)19(26)24(4)12-13-9-10-16-17(11-13)23-27-22-16/h9-11,14-15H,5-8,12H2,1-4H3,(H,21,25)/t14-,15+/m1/s1. The Balaban J connectivity index is 1.70. The number of nitrogens with zero attached hydrogens (tertiary/aromatic N) is 3. The van der Waals surface area contributed by atoms with E-state index < -0.39 is 0 Å². The molecule has 0 aliphatic heterocycles. The van der Waals surface area contributed by atoms with Gasteiger partial charge in [-0.2, -0.15) is 8.75 Å². The number of hydrogen-bond donors (Lipinski definition) is 1. The van der Waals surface area contributed by atoms with E-state index in [1.807, 2.05) is 46.0 Å². The fraction of sp³-hybridized carbons (Fsp3) is 0.600. The second kappa shape index (κ2) is 7.92.